The molecule has 2 N–H and O–H groups in total. The first-order chi connectivity index (χ1) is 12.8. The van der Waals surface area contributed by atoms with Crippen LogP contribution in [0.3, 0.4) is 0 Å². The number of ether oxygens (including phenoxy) is 2. The largest absolute Gasteiger partial charge is 0.493 e. The van der Waals surface area contributed by atoms with Crippen LogP contribution in [0, 0.1) is 24.0 Å². The number of rotatable bonds is 6. The van der Waals surface area contributed by atoms with Crippen LogP contribution in [0.4, 0.5) is 11.4 Å². The molecular weight excluding hydrogens is 368 g/mol. The molecule has 9 heteroatoms. The molecule has 0 amide bonds. The molecule has 0 atom stereocenters. The average Bonchev–Trinajstić information content (AvgIpc) is 2.63. The highest BCUT2D eigenvalue weighted by atomic mass is 32.1. The number of nitrogens with zero attached hydrogens (tertiary/aromatic N) is 2. The predicted octanol–water partition coefficient (Wildman–Crippen LogP) is 3.55. The minimum absolute atomic E-state index is 0.161. The van der Waals surface area contributed by atoms with Crippen molar-refractivity contribution in [2.45, 2.75) is 13.8 Å². The summed E-state index contributed by atoms with van der Waals surface area (Å²) in [6.07, 6.45) is 1.30. The summed E-state index contributed by atoms with van der Waals surface area (Å²) in [5.41, 5.74) is 5.78. The zero-order chi connectivity index (χ0) is 20.0. The van der Waals surface area contributed by atoms with Gasteiger partial charge in [-0.25, -0.2) is 0 Å². The predicted molar refractivity (Wildman–Crippen MR) is 109 cm³/mol. The maximum Gasteiger partial charge on any atom is 0.282 e. The SMILES string of the molecule is COc1cc(/C=N\NC(=S)Nc2ccc(C)cc2C)c([N+](=O)[O-])cc1OC. The first-order valence-corrected chi connectivity index (χ1v) is 8.34. The fourth-order valence-corrected chi connectivity index (χ4v) is 2.57. The smallest absolute Gasteiger partial charge is 0.282 e. The summed E-state index contributed by atoms with van der Waals surface area (Å²) in [6, 6.07) is 8.67. The molecule has 0 spiro atoms. The van der Waals surface area contributed by atoms with E-state index in [9.17, 15) is 10.1 Å². The zero-order valence-corrected chi connectivity index (χ0v) is 16.2. The number of nitro benzene ring substituents is 1. The molecule has 0 unspecified atom stereocenters. The Hall–Kier alpha value is -3.20. The molecule has 2 aromatic rings. The first-order valence-electron chi connectivity index (χ1n) is 7.93. The second kappa shape index (κ2) is 8.95. The number of nitrogens with one attached hydrogen (secondary N) is 2. The highest BCUT2D eigenvalue weighted by Crippen LogP contribution is 2.33. The van der Waals surface area contributed by atoms with Crippen molar-refractivity contribution in [2.24, 2.45) is 5.10 Å². The van der Waals surface area contributed by atoms with E-state index in [4.69, 9.17) is 21.7 Å². The van der Waals surface area contributed by atoms with Crippen molar-refractivity contribution in [1.29, 1.82) is 0 Å². The van der Waals surface area contributed by atoms with Gasteiger partial charge in [-0.2, -0.15) is 5.10 Å². The number of methoxy groups -OCH3 is 2. The Labute approximate surface area is 162 Å². The van der Waals surface area contributed by atoms with E-state index in [1.54, 1.807) is 0 Å². The molecule has 0 aliphatic rings. The molecule has 2 aromatic carbocycles. The van der Waals surface area contributed by atoms with Gasteiger partial charge in [0, 0.05) is 5.69 Å². The Kier molecular flexibility index (Phi) is 6.67. The van der Waals surface area contributed by atoms with E-state index in [1.807, 2.05) is 32.0 Å². The molecule has 0 aromatic heterocycles. The number of hydrazone groups is 1. The van der Waals surface area contributed by atoms with Gasteiger partial charge in [-0.15, -0.1) is 0 Å². The second-order valence-electron chi connectivity index (χ2n) is 5.67. The highest BCUT2D eigenvalue weighted by molar-refractivity contribution is 7.80. The average molecular weight is 388 g/mol. The van der Waals surface area contributed by atoms with E-state index in [0.717, 1.165) is 16.8 Å². The third-order valence-corrected chi connectivity index (χ3v) is 3.92. The van der Waals surface area contributed by atoms with Crippen LogP contribution in [0.25, 0.3) is 0 Å². The van der Waals surface area contributed by atoms with Gasteiger partial charge < -0.3 is 14.8 Å². The van der Waals surface area contributed by atoms with Gasteiger partial charge in [0.25, 0.3) is 5.69 Å². The van der Waals surface area contributed by atoms with Crippen molar-refractivity contribution < 1.29 is 14.4 Å². The van der Waals surface area contributed by atoms with Crippen molar-refractivity contribution >= 4 is 34.9 Å². The van der Waals surface area contributed by atoms with Crippen LogP contribution >= 0.6 is 12.2 Å². The van der Waals surface area contributed by atoms with E-state index in [-0.39, 0.29) is 22.1 Å². The molecule has 0 heterocycles. The third kappa shape index (κ3) is 5.14. The molecule has 2 rings (SSSR count). The lowest BCUT2D eigenvalue weighted by atomic mass is 10.1. The van der Waals surface area contributed by atoms with Crippen LogP contribution in [0.15, 0.2) is 35.4 Å². The van der Waals surface area contributed by atoms with Crippen LogP contribution in [-0.4, -0.2) is 30.5 Å². The molecular formula is C18H20N4O4S. The Morgan fingerprint density at radius 2 is 1.85 bits per heavy atom. The van der Waals surface area contributed by atoms with E-state index in [0.29, 0.717) is 5.75 Å². The van der Waals surface area contributed by atoms with Gasteiger partial charge in [-0.05, 0) is 43.8 Å². The van der Waals surface area contributed by atoms with Gasteiger partial charge in [0.15, 0.2) is 16.6 Å². The Morgan fingerprint density at radius 1 is 1.19 bits per heavy atom. The molecule has 27 heavy (non-hydrogen) atoms. The van der Waals surface area contributed by atoms with Gasteiger partial charge in [0.2, 0.25) is 0 Å². The number of hydrogen-bond donors (Lipinski definition) is 2. The van der Waals surface area contributed by atoms with Gasteiger partial charge in [-0.3, -0.25) is 15.5 Å². The maximum absolute atomic E-state index is 11.3. The third-order valence-electron chi connectivity index (χ3n) is 3.73. The zero-order valence-electron chi connectivity index (χ0n) is 15.4. The highest BCUT2D eigenvalue weighted by Gasteiger charge is 2.18. The lowest BCUT2D eigenvalue weighted by molar-refractivity contribution is -0.385. The molecule has 0 aliphatic heterocycles. The normalized spacial score (nSPS) is 10.5. The summed E-state index contributed by atoms with van der Waals surface area (Å²) in [4.78, 5) is 10.8. The first kappa shape index (κ1) is 20.1. The quantitative estimate of drug-likeness (QED) is 0.338. The number of thiocarbonyl (C=S) groups is 1. The maximum atomic E-state index is 11.3. The number of benzene rings is 2. The van der Waals surface area contributed by atoms with E-state index in [1.165, 1.54) is 32.6 Å². The Morgan fingerprint density at radius 3 is 2.44 bits per heavy atom. The van der Waals surface area contributed by atoms with Crippen molar-refractivity contribution in [3.8, 4) is 11.5 Å². The minimum atomic E-state index is -0.518. The summed E-state index contributed by atoms with van der Waals surface area (Å²) in [6.45, 7) is 3.97. The van der Waals surface area contributed by atoms with Crippen molar-refractivity contribution in [3.05, 3.63) is 57.1 Å². The Bertz CT molecular complexity index is 899. The van der Waals surface area contributed by atoms with E-state index < -0.39 is 4.92 Å². The standard InChI is InChI=1S/C18H20N4O4S/c1-11-5-6-14(12(2)7-11)20-18(27)21-19-10-13-8-16(25-3)17(26-4)9-15(13)22(23)24/h5-10H,1-4H3,(H2,20,21,27)/b19-10-. The van der Waals surface area contributed by atoms with Gasteiger partial charge >= 0.3 is 0 Å². The number of anilines is 1. The van der Waals surface area contributed by atoms with Crippen LogP contribution in [0.2, 0.25) is 0 Å². The second-order valence-corrected chi connectivity index (χ2v) is 6.07. The number of hydrogen-bond acceptors (Lipinski definition) is 6. The molecule has 0 aliphatic carbocycles. The van der Waals surface area contributed by atoms with Gasteiger partial charge in [-0.1, -0.05) is 17.7 Å². The monoisotopic (exact) mass is 388 g/mol. The summed E-state index contributed by atoms with van der Waals surface area (Å²) in [7, 11) is 2.86. The lowest BCUT2D eigenvalue weighted by Crippen LogP contribution is -2.24. The minimum Gasteiger partial charge on any atom is -0.493 e. The summed E-state index contributed by atoms with van der Waals surface area (Å²) < 4.78 is 10.3. The molecule has 0 radical (unpaired) electrons. The van der Waals surface area contributed by atoms with Crippen molar-refractivity contribution in [1.82, 2.24) is 5.43 Å². The van der Waals surface area contributed by atoms with Gasteiger partial charge in [0.05, 0.1) is 37.0 Å². The summed E-state index contributed by atoms with van der Waals surface area (Å²) in [5.74, 6) is 0.627. The van der Waals surface area contributed by atoms with Gasteiger partial charge in [0.1, 0.15) is 0 Å². The molecule has 0 bridgehead atoms. The van der Waals surface area contributed by atoms with E-state index in [2.05, 4.69) is 15.8 Å². The fourth-order valence-electron chi connectivity index (χ4n) is 2.41. The Balaban J connectivity index is 2.15. The van der Waals surface area contributed by atoms with Crippen LogP contribution in [0.5, 0.6) is 11.5 Å². The molecule has 8 nitrogen and oxygen atoms in total. The molecule has 0 saturated carbocycles. The lowest BCUT2D eigenvalue weighted by Gasteiger charge is -2.11. The van der Waals surface area contributed by atoms with E-state index >= 15 is 0 Å². The van der Waals surface area contributed by atoms with Crippen molar-refractivity contribution in [3.63, 3.8) is 0 Å². The summed E-state index contributed by atoms with van der Waals surface area (Å²) >= 11 is 5.20. The van der Waals surface area contributed by atoms with Crippen LogP contribution < -0.4 is 20.2 Å². The fraction of sp³-hybridized carbons (Fsp3) is 0.222. The summed E-state index contributed by atoms with van der Waals surface area (Å²) in [5, 5.41) is 18.6. The van der Waals surface area contributed by atoms with Crippen LogP contribution in [-0.2, 0) is 0 Å². The number of nitro groups is 1. The molecule has 142 valence electrons. The number of aryl methyl sites for hydroxylation is 2. The van der Waals surface area contributed by atoms with Crippen molar-refractivity contribution in [2.75, 3.05) is 19.5 Å². The van der Waals surface area contributed by atoms with Crippen LogP contribution in [0.1, 0.15) is 16.7 Å². The molecule has 0 fully saturated rings. The molecule has 0 saturated heterocycles. The topological polar surface area (TPSA) is 98.0 Å².